The molecule has 1 aromatic heterocycles. The van der Waals surface area contributed by atoms with Crippen molar-refractivity contribution >= 4 is 28.1 Å². The summed E-state index contributed by atoms with van der Waals surface area (Å²) >= 11 is 0. The van der Waals surface area contributed by atoms with Crippen LogP contribution in [0.4, 0.5) is 5.82 Å². The van der Waals surface area contributed by atoms with E-state index in [1.54, 1.807) is 24.0 Å². The molecular weight excluding hydrogens is 342 g/mol. The second-order valence-electron chi connectivity index (χ2n) is 6.43. The lowest BCUT2D eigenvalue weighted by atomic mass is 9.94. The Labute approximate surface area is 157 Å². The molecule has 2 aromatic carbocycles. The van der Waals surface area contributed by atoms with Crippen molar-refractivity contribution in [2.24, 2.45) is 7.05 Å². The topological polar surface area (TPSA) is 65.4 Å². The molecule has 2 heterocycles. The van der Waals surface area contributed by atoms with E-state index in [-0.39, 0.29) is 12.5 Å². The molecule has 0 spiro atoms. The maximum absolute atomic E-state index is 12.2. The summed E-state index contributed by atoms with van der Waals surface area (Å²) in [4.78, 5) is 12.2. The van der Waals surface area contributed by atoms with Gasteiger partial charge in [-0.15, -0.1) is 0 Å². The third-order valence-corrected chi connectivity index (χ3v) is 4.52. The standard InChI is InChI=1S/C21H21N3O3/c1-24-11-8-19(23-24)22-20(25)14-27-18-7-6-15-4-2-3-5-17(15)21(18)16-9-12-26-13-10-16/h2-9,11H,10,12-14H2,1H3,(H,22,23,25). The average Bonchev–Trinajstić information content (AvgIpc) is 3.11. The van der Waals surface area contributed by atoms with Crippen LogP contribution in [0.25, 0.3) is 16.3 Å². The van der Waals surface area contributed by atoms with Crippen LogP contribution in [-0.4, -0.2) is 35.5 Å². The summed E-state index contributed by atoms with van der Waals surface area (Å²) in [5.41, 5.74) is 2.24. The highest BCUT2D eigenvalue weighted by molar-refractivity contribution is 5.97. The van der Waals surface area contributed by atoms with Gasteiger partial charge in [-0.3, -0.25) is 9.48 Å². The molecule has 0 saturated carbocycles. The van der Waals surface area contributed by atoms with Gasteiger partial charge in [0, 0.05) is 24.9 Å². The molecule has 1 N–H and O–H groups in total. The summed E-state index contributed by atoms with van der Waals surface area (Å²) < 4.78 is 13.0. The van der Waals surface area contributed by atoms with Crippen LogP contribution in [0.15, 0.2) is 54.7 Å². The van der Waals surface area contributed by atoms with E-state index in [1.807, 2.05) is 24.3 Å². The number of fused-ring (bicyclic) bond motifs is 1. The minimum Gasteiger partial charge on any atom is -0.483 e. The van der Waals surface area contributed by atoms with Gasteiger partial charge in [-0.2, -0.15) is 5.10 Å². The number of carbonyl (C=O) groups excluding carboxylic acids is 1. The number of nitrogens with one attached hydrogen (secondary N) is 1. The normalized spacial score (nSPS) is 14.0. The zero-order valence-corrected chi connectivity index (χ0v) is 15.1. The average molecular weight is 363 g/mol. The fourth-order valence-corrected chi connectivity index (χ4v) is 3.26. The predicted octanol–water partition coefficient (Wildman–Crippen LogP) is 3.39. The first-order chi connectivity index (χ1) is 13.2. The molecule has 0 unspecified atom stereocenters. The Morgan fingerprint density at radius 1 is 1.26 bits per heavy atom. The molecule has 0 fully saturated rings. The van der Waals surface area contributed by atoms with Gasteiger partial charge in [0.05, 0.1) is 13.2 Å². The molecule has 6 nitrogen and oxygen atoms in total. The summed E-state index contributed by atoms with van der Waals surface area (Å²) in [6.07, 6.45) is 4.69. The van der Waals surface area contributed by atoms with E-state index >= 15 is 0 Å². The number of rotatable bonds is 5. The Morgan fingerprint density at radius 2 is 2.15 bits per heavy atom. The molecule has 3 aromatic rings. The van der Waals surface area contributed by atoms with Gasteiger partial charge < -0.3 is 14.8 Å². The van der Waals surface area contributed by atoms with Gasteiger partial charge in [0.25, 0.3) is 5.91 Å². The highest BCUT2D eigenvalue weighted by atomic mass is 16.5. The molecule has 0 radical (unpaired) electrons. The lowest BCUT2D eigenvalue weighted by Crippen LogP contribution is -2.21. The third kappa shape index (κ3) is 3.85. The predicted molar refractivity (Wildman–Crippen MR) is 105 cm³/mol. The molecule has 6 heteroatoms. The van der Waals surface area contributed by atoms with Crippen LogP contribution in [0.1, 0.15) is 12.0 Å². The van der Waals surface area contributed by atoms with Gasteiger partial charge in [-0.05, 0) is 28.8 Å². The van der Waals surface area contributed by atoms with E-state index in [9.17, 15) is 4.79 Å². The van der Waals surface area contributed by atoms with Crippen LogP contribution in [0, 0.1) is 0 Å². The van der Waals surface area contributed by atoms with Crippen LogP contribution in [0.2, 0.25) is 0 Å². The Bertz CT molecular complexity index is 1010. The first-order valence-corrected chi connectivity index (χ1v) is 8.92. The van der Waals surface area contributed by atoms with Crippen molar-refractivity contribution in [3.63, 3.8) is 0 Å². The number of anilines is 1. The number of carbonyl (C=O) groups is 1. The van der Waals surface area contributed by atoms with E-state index in [0.29, 0.717) is 24.8 Å². The molecule has 0 aliphatic carbocycles. The molecule has 0 bridgehead atoms. The summed E-state index contributed by atoms with van der Waals surface area (Å²) in [7, 11) is 1.80. The van der Waals surface area contributed by atoms with Crippen molar-refractivity contribution in [1.29, 1.82) is 0 Å². The number of aromatic nitrogens is 2. The summed E-state index contributed by atoms with van der Waals surface area (Å²) in [6.45, 7) is 1.21. The van der Waals surface area contributed by atoms with Crippen molar-refractivity contribution in [2.45, 2.75) is 6.42 Å². The van der Waals surface area contributed by atoms with Crippen molar-refractivity contribution in [3.05, 3.63) is 60.3 Å². The summed E-state index contributed by atoms with van der Waals surface area (Å²) in [6, 6.07) is 13.9. The van der Waals surface area contributed by atoms with E-state index in [1.165, 1.54) is 5.57 Å². The number of ether oxygens (including phenoxy) is 2. The Balaban J connectivity index is 1.59. The Morgan fingerprint density at radius 3 is 2.93 bits per heavy atom. The van der Waals surface area contributed by atoms with Crippen molar-refractivity contribution in [2.75, 3.05) is 25.1 Å². The third-order valence-electron chi connectivity index (χ3n) is 4.52. The van der Waals surface area contributed by atoms with Gasteiger partial charge in [-0.25, -0.2) is 0 Å². The van der Waals surface area contributed by atoms with Gasteiger partial charge in [0.2, 0.25) is 0 Å². The lowest BCUT2D eigenvalue weighted by Gasteiger charge is -2.19. The fourth-order valence-electron chi connectivity index (χ4n) is 3.26. The highest BCUT2D eigenvalue weighted by Gasteiger charge is 2.16. The number of hydrogen-bond acceptors (Lipinski definition) is 4. The molecule has 0 saturated heterocycles. The van der Waals surface area contributed by atoms with Gasteiger partial charge in [0.15, 0.2) is 12.4 Å². The SMILES string of the molecule is Cn1ccc(NC(=O)COc2ccc3ccccc3c2C2=CCOCC2)n1. The zero-order valence-electron chi connectivity index (χ0n) is 15.1. The largest absolute Gasteiger partial charge is 0.483 e. The Kier molecular flexibility index (Phi) is 4.89. The van der Waals surface area contributed by atoms with Gasteiger partial charge >= 0.3 is 0 Å². The number of hydrogen-bond donors (Lipinski definition) is 1. The molecule has 27 heavy (non-hydrogen) atoms. The van der Waals surface area contributed by atoms with E-state index in [4.69, 9.17) is 9.47 Å². The highest BCUT2D eigenvalue weighted by Crippen LogP contribution is 2.36. The first-order valence-electron chi connectivity index (χ1n) is 8.92. The molecular formula is C21H21N3O3. The second-order valence-corrected chi connectivity index (χ2v) is 6.43. The Hall–Kier alpha value is -3.12. The number of nitrogens with zero attached hydrogens (tertiary/aromatic N) is 2. The molecule has 138 valence electrons. The van der Waals surface area contributed by atoms with Crippen molar-refractivity contribution in [3.8, 4) is 5.75 Å². The minimum atomic E-state index is -0.242. The van der Waals surface area contributed by atoms with E-state index < -0.39 is 0 Å². The van der Waals surface area contributed by atoms with E-state index in [2.05, 4.69) is 28.6 Å². The zero-order chi connectivity index (χ0) is 18.6. The lowest BCUT2D eigenvalue weighted by molar-refractivity contribution is -0.118. The molecule has 4 rings (SSSR count). The summed E-state index contributed by atoms with van der Waals surface area (Å²) in [5, 5.41) is 9.14. The molecule has 1 aliphatic rings. The molecule has 1 aliphatic heterocycles. The van der Waals surface area contributed by atoms with Crippen molar-refractivity contribution < 1.29 is 14.3 Å². The fraction of sp³-hybridized carbons (Fsp3) is 0.238. The smallest absolute Gasteiger partial charge is 0.263 e. The van der Waals surface area contributed by atoms with Gasteiger partial charge in [-0.1, -0.05) is 36.4 Å². The monoisotopic (exact) mass is 363 g/mol. The van der Waals surface area contributed by atoms with Crippen LogP contribution in [0.3, 0.4) is 0 Å². The minimum absolute atomic E-state index is 0.0777. The van der Waals surface area contributed by atoms with Crippen LogP contribution < -0.4 is 10.1 Å². The number of benzene rings is 2. The molecule has 1 amide bonds. The van der Waals surface area contributed by atoms with Crippen LogP contribution in [-0.2, 0) is 16.6 Å². The second kappa shape index (κ2) is 7.63. The van der Waals surface area contributed by atoms with E-state index in [0.717, 1.165) is 22.8 Å². The van der Waals surface area contributed by atoms with Crippen LogP contribution >= 0.6 is 0 Å². The number of aryl methyl sites for hydroxylation is 1. The van der Waals surface area contributed by atoms with Gasteiger partial charge in [0.1, 0.15) is 5.75 Å². The number of amides is 1. The van der Waals surface area contributed by atoms with Crippen LogP contribution in [0.5, 0.6) is 5.75 Å². The van der Waals surface area contributed by atoms with Crippen molar-refractivity contribution in [1.82, 2.24) is 9.78 Å². The maximum Gasteiger partial charge on any atom is 0.263 e. The molecule has 0 atom stereocenters. The first kappa shape index (κ1) is 17.3. The maximum atomic E-state index is 12.2. The quantitative estimate of drug-likeness (QED) is 0.755. The summed E-state index contributed by atoms with van der Waals surface area (Å²) in [5.74, 6) is 0.976.